The van der Waals surface area contributed by atoms with E-state index in [1.807, 2.05) is 0 Å². The molecule has 0 radical (unpaired) electrons. The number of thioether (sulfide) groups is 1. The molecule has 2 unspecified atom stereocenters. The number of piperidine rings is 1. The lowest BCUT2D eigenvalue weighted by Crippen LogP contribution is -2.42. The van der Waals surface area contributed by atoms with Gasteiger partial charge in [0.05, 0.1) is 0 Å². The van der Waals surface area contributed by atoms with Crippen molar-refractivity contribution in [2.75, 3.05) is 17.7 Å². The van der Waals surface area contributed by atoms with Gasteiger partial charge in [0.25, 0.3) is 0 Å². The molecule has 1 aliphatic heterocycles. The third-order valence-electron chi connectivity index (χ3n) is 3.90. The molecule has 2 N–H and O–H groups in total. The number of hydrogen-bond acceptors (Lipinski definition) is 3. The first kappa shape index (κ1) is 14.7. The normalized spacial score (nSPS) is 23.4. The number of hydrogen-bond donors (Lipinski definition) is 1. The second-order valence-corrected chi connectivity index (χ2v) is 6.69. The van der Waals surface area contributed by atoms with Crippen molar-refractivity contribution in [3.63, 3.8) is 0 Å². The number of anilines is 1. The van der Waals surface area contributed by atoms with Gasteiger partial charge in [0.15, 0.2) is 0 Å². The lowest BCUT2D eigenvalue weighted by Gasteiger charge is -2.39. The summed E-state index contributed by atoms with van der Waals surface area (Å²) in [5.74, 6) is 0.730. The number of nitrogens with zero attached hydrogens (tertiary/aromatic N) is 1. The van der Waals surface area contributed by atoms with Crippen molar-refractivity contribution in [3.05, 3.63) is 23.8 Å². The maximum atomic E-state index is 5.97. The highest BCUT2D eigenvalue weighted by Crippen LogP contribution is 2.34. The maximum absolute atomic E-state index is 5.97. The van der Waals surface area contributed by atoms with Crippen LogP contribution in [0.5, 0.6) is 0 Å². The molecule has 1 aliphatic rings. The smallest absolute Gasteiger partial charge is 0.107 e. The largest absolute Gasteiger partial charge is 0.389 e. The zero-order chi connectivity index (χ0) is 14.0. The molecular formula is C15H22N2S2. The van der Waals surface area contributed by atoms with Crippen LogP contribution < -0.4 is 10.6 Å². The molecule has 0 aromatic heterocycles. The van der Waals surface area contributed by atoms with Crippen LogP contribution in [0.15, 0.2) is 23.1 Å². The van der Waals surface area contributed by atoms with E-state index in [9.17, 15) is 0 Å². The first-order chi connectivity index (χ1) is 9.04. The van der Waals surface area contributed by atoms with Crippen molar-refractivity contribution >= 4 is 34.7 Å². The predicted molar refractivity (Wildman–Crippen MR) is 89.3 cm³/mol. The summed E-state index contributed by atoms with van der Waals surface area (Å²) in [4.78, 5) is 4.16. The molecule has 1 fully saturated rings. The van der Waals surface area contributed by atoms with E-state index >= 15 is 0 Å². The Hall–Kier alpha value is -0.740. The number of nitrogens with two attached hydrogens (primary N) is 1. The standard InChI is InChI=1S/C15H22N2S2/c1-10-7-8-11(2)17(9-10)12-5-4-6-13(19-3)14(12)15(16)18/h4-6,10-11H,7-9H2,1-3H3,(H2,16,18). The molecule has 1 aromatic carbocycles. The van der Waals surface area contributed by atoms with Gasteiger partial charge >= 0.3 is 0 Å². The summed E-state index contributed by atoms with van der Waals surface area (Å²) in [7, 11) is 0. The Labute approximate surface area is 125 Å². The summed E-state index contributed by atoms with van der Waals surface area (Å²) in [6, 6.07) is 6.92. The number of benzene rings is 1. The Bertz CT molecular complexity index is 473. The summed E-state index contributed by atoms with van der Waals surface area (Å²) < 4.78 is 0. The van der Waals surface area contributed by atoms with Gasteiger partial charge in [-0.25, -0.2) is 0 Å². The molecule has 4 heteroatoms. The van der Waals surface area contributed by atoms with E-state index in [-0.39, 0.29) is 0 Å². The Kier molecular flexibility index (Phi) is 4.74. The SMILES string of the molecule is CSc1cccc(N2CC(C)CCC2C)c1C(N)=S. The summed E-state index contributed by atoms with van der Waals surface area (Å²) in [5, 5.41) is 0. The summed E-state index contributed by atoms with van der Waals surface area (Å²) >= 11 is 6.99. The molecule has 2 rings (SSSR count). The van der Waals surface area contributed by atoms with Crippen LogP contribution in [-0.2, 0) is 0 Å². The topological polar surface area (TPSA) is 29.3 Å². The van der Waals surface area contributed by atoms with Crippen LogP contribution in [0.3, 0.4) is 0 Å². The molecule has 1 aromatic rings. The molecule has 19 heavy (non-hydrogen) atoms. The highest BCUT2D eigenvalue weighted by atomic mass is 32.2. The third kappa shape index (κ3) is 3.06. The zero-order valence-corrected chi connectivity index (χ0v) is 13.5. The van der Waals surface area contributed by atoms with E-state index in [1.165, 1.54) is 23.4 Å². The van der Waals surface area contributed by atoms with Crippen molar-refractivity contribution in [1.82, 2.24) is 0 Å². The molecule has 1 heterocycles. The third-order valence-corrected chi connectivity index (χ3v) is 4.88. The summed E-state index contributed by atoms with van der Waals surface area (Å²) in [6.07, 6.45) is 4.62. The average Bonchev–Trinajstić information content (AvgIpc) is 2.40. The monoisotopic (exact) mass is 294 g/mol. The van der Waals surface area contributed by atoms with Gasteiger partial charge in [0, 0.05) is 28.7 Å². The second-order valence-electron chi connectivity index (χ2n) is 5.40. The van der Waals surface area contributed by atoms with Crippen molar-refractivity contribution in [1.29, 1.82) is 0 Å². The van der Waals surface area contributed by atoms with E-state index in [1.54, 1.807) is 11.8 Å². The lowest BCUT2D eigenvalue weighted by atomic mass is 9.93. The van der Waals surface area contributed by atoms with Gasteiger partial charge in [-0.3, -0.25) is 0 Å². The fourth-order valence-electron chi connectivity index (χ4n) is 2.80. The molecule has 2 atom stereocenters. The van der Waals surface area contributed by atoms with Gasteiger partial charge in [0.2, 0.25) is 0 Å². The van der Waals surface area contributed by atoms with Crippen LogP contribution in [0.4, 0.5) is 5.69 Å². The average molecular weight is 294 g/mol. The van der Waals surface area contributed by atoms with Crippen molar-refractivity contribution in [2.24, 2.45) is 11.7 Å². The minimum atomic E-state index is 0.505. The van der Waals surface area contributed by atoms with Crippen molar-refractivity contribution in [2.45, 2.75) is 37.6 Å². The van der Waals surface area contributed by atoms with Crippen LogP contribution in [-0.4, -0.2) is 23.8 Å². The van der Waals surface area contributed by atoms with Gasteiger partial charge in [-0.15, -0.1) is 11.8 Å². The highest BCUT2D eigenvalue weighted by Gasteiger charge is 2.26. The molecule has 0 amide bonds. The zero-order valence-electron chi connectivity index (χ0n) is 11.8. The van der Waals surface area contributed by atoms with Crippen molar-refractivity contribution in [3.8, 4) is 0 Å². The summed E-state index contributed by atoms with van der Waals surface area (Å²) in [5.41, 5.74) is 8.22. The van der Waals surface area contributed by atoms with E-state index in [0.29, 0.717) is 11.0 Å². The molecule has 0 aliphatic carbocycles. The van der Waals surface area contributed by atoms with Crippen LogP contribution in [0.2, 0.25) is 0 Å². The summed E-state index contributed by atoms with van der Waals surface area (Å²) in [6.45, 7) is 5.70. The van der Waals surface area contributed by atoms with Crippen LogP contribution >= 0.6 is 24.0 Å². The first-order valence-electron chi connectivity index (χ1n) is 6.78. The van der Waals surface area contributed by atoms with Crippen LogP contribution in [0.25, 0.3) is 0 Å². The van der Waals surface area contributed by atoms with E-state index < -0.39 is 0 Å². The van der Waals surface area contributed by atoms with Gasteiger partial charge in [0.1, 0.15) is 4.99 Å². The van der Waals surface area contributed by atoms with Gasteiger partial charge in [-0.2, -0.15) is 0 Å². The Morgan fingerprint density at radius 3 is 2.74 bits per heavy atom. The Balaban J connectivity index is 2.46. The molecular weight excluding hydrogens is 272 g/mol. The molecule has 1 saturated heterocycles. The van der Waals surface area contributed by atoms with Crippen LogP contribution in [0.1, 0.15) is 32.3 Å². The van der Waals surface area contributed by atoms with E-state index in [0.717, 1.165) is 18.0 Å². The first-order valence-corrected chi connectivity index (χ1v) is 8.41. The van der Waals surface area contributed by atoms with Crippen molar-refractivity contribution < 1.29 is 0 Å². The maximum Gasteiger partial charge on any atom is 0.107 e. The number of rotatable bonds is 3. The molecule has 0 bridgehead atoms. The molecule has 104 valence electrons. The molecule has 2 nitrogen and oxygen atoms in total. The van der Waals surface area contributed by atoms with Gasteiger partial charge in [-0.05, 0) is 44.1 Å². The minimum absolute atomic E-state index is 0.505. The fraction of sp³-hybridized carbons (Fsp3) is 0.533. The van der Waals surface area contributed by atoms with E-state index in [4.69, 9.17) is 18.0 Å². The second kappa shape index (κ2) is 6.14. The highest BCUT2D eigenvalue weighted by molar-refractivity contribution is 7.98. The predicted octanol–water partition coefficient (Wildman–Crippen LogP) is 3.67. The number of thiocarbonyl (C=S) groups is 1. The van der Waals surface area contributed by atoms with E-state index in [2.05, 4.69) is 43.2 Å². The molecule has 0 spiro atoms. The lowest BCUT2D eigenvalue weighted by molar-refractivity contribution is 0.390. The molecule has 0 saturated carbocycles. The minimum Gasteiger partial charge on any atom is -0.389 e. The quantitative estimate of drug-likeness (QED) is 0.680. The van der Waals surface area contributed by atoms with Crippen LogP contribution in [0, 0.1) is 5.92 Å². The van der Waals surface area contributed by atoms with Gasteiger partial charge in [-0.1, -0.05) is 25.2 Å². The Morgan fingerprint density at radius 1 is 1.37 bits per heavy atom. The fourth-order valence-corrected chi connectivity index (χ4v) is 3.71. The van der Waals surface area contributed by atoms with Gasteiger partial charge < -0.3 is 10.6 Å². The Morgan fingerprint density at radius 2 is 2.11 bits per heavy atom.